The van der Waals surface area contributed by atoms with Crippen LogP contribution in [0.15, 0.2) is 54.7 Å². The molecule has 0 fully saturated rings. The van der Waals surface area contributed by atoms with Gasteiger partial charge in [0, 0.05) is 40.8 Å². The number of carbonyl (C=O) groups is 1. The largest absolute Gasteiger partial charge is 0.361 e. The van der Waals surface area contributed by atoms with Crippen LogP contribution >= 0.6 is 11.6 Å². The fraction of sp³-hybridized carbons (Fsp3) is 0.190. The van der Waals surface area contributed by atoms with Gasteiger partial charge >= 0.3 is 0 Å². The van der Waals surface area contributed by atoms with Crippen molar-refractivity contribution in [1.82, 2.24) is 9.88 Å². The fourth-order valence-corrected chi connectivity index (χ4v) is 3.61. The van der Waals surface area contributed by atoms with Crippen LogP contribution in [0.25, 0.3) is 16.5 Å². The molecule has 1 aliphatic rings. The molecule has 4 rings (SSSR count). The van der Waals surface area contributed by atoms with E-state index in [9.17, 15) is 9.18 Å². The van der Waals surface area contributed by atoms with Gasteiger partial charge in [0.05, 0.1) is 6.42 Å². The molecule has 0 radical (unpaired) electrons. The molecule has 0 bridgehead atoms. The lowest BCUT2D eigenvalue weighted by Crippen LogP contribution is -2.35. The Hall–Kier alpha value is -2.59. The molecule has 2 heterocycles. The van der Waals surface area contributed by atoms with E-state index in [1.54, 1.807) is 12.1 Å². The van der Waals surface area contributed by atoms with Crippen LogP contribution in [-0.4, -0.2) is 28.9 Å². The number of nitrogens with one attached hydrogen (secondary N) is 1. The van der Waals surface area contributed by atoms with Gasteiger partial charge in [-0.25, -0.2) is 4.39 Å². The van der Waals surface area contributed by atoms with Crippen LogP contribution in [-0.2, 0) is 11.2 Å². The van der Waals surface area contributed by atoms with Gasteiger partial charge in [-0.3, -0.25) is 4.79 Å². The van der Waals surface area contributed by atoms with Crippen molar-refractivity contribution in [1.29, 1.82) is 0 Å². The van der Waals surface area contributed by atoms with Gasteiger partial charge in [0.15, 0.2) is 0 Å². The minimum atomic E-state index is -0.310. The molecule has 0 unspecified atom stereocenters. The summed E-state index contributed by atoms with van der Waals surface area (Å²) in [5.41, 5.74) is 4.11. The van der Waals surface area contributed by atoms with Crippen LogP contribution in [0, 0.1) is 5.82 Å². The quantitative estimate of drug-likeness (QED) is 0.707. The summed E-state index contributed by atoms with van der Waals surface area (Å²) in [6.45, 7) is 1.24. The van der Waals surface area contributed by atoms with Gasteiger partial charge < -0.3 is 9.88 Å². The monoisotopic (exact) mass is 368 g/mol. The Morgan fingerprint density at radius 3 is 2.88 bits per heavy atom. The van der Waals surface area contributed by atoms with Gasteiger partial charge in [-0.1, -0.05) is 35.9 Å². The lowest BCUT2D eigenvalue weighted by atomic mass is 9.98. The minimum absolute atomic E-state index is 0.0246. The number of rotatable bonds is 3. The molecular weight excluding hydrogens is 351 g/mol. The second kappa shape index (κ2) is 6.96. The van der Waals surface area contributed by atoms with E-state index in [1.165, 1.54) is 17.7 Å². The average molecular weight is 369 g/mol. The molecule has 3 nitrogen and oxygen atoms in total. The third kappa shape index (κ3) is 3.37. The molecule has 0 spiro atoms. The number of aromatic amines is 1. The Kier molecular flexibility index (Phi) is 4.51. The summed E-state index contributed by atoms with van der Waals surface area (Å²) in [6.07, 6.45) is 5.12. The first-order valence-corrected chi connectivity index (χ1v) is 8.96. The number of hydrogen-bond donors (Lipinski definition) is 1. The number of nitrogens with zero attached hydrogens (tertiary/aromatic N) is 1. The van der Waals surface area contributed by atoms with E-state index in [0.29, 0.717) is 23.7 Å². The summed E-state index contributed by atoms with van der Waals surface area (Å²) >= 11 is 6.04. The van der Waals surface area contributed by atoms with Crippen molar-refractivity contribution in [2.45, 2.75) is 12.8 Å². The highest BCUT2D eigenvalue weighted by atomic mass is 35.5. The molecule has 2 aromatic carbocycles. The van der Waals surface area contributed by atoms with Gasteiger partial charge in [0.2, 0.25) is 5.91 Å². The van der Waals surface area contributed by atoms with E-state index < -0.39 is 0 Å². The molecule has 5 heteroatoms. The highest BCUT2D eigenvalue weighted by Crippen LogP contribution is 2.30. The van der Waals surface area contributed by atoms with Gasteiger partial charge in [-0.05, 0) is 41.8 Å². The molecule has 0 saturated heterocycles. The van der Waals surface area contributed by atoms with Crippen molar-refractivity contribution in [2.24, 2.45) is 0 Å². The highest BCUT2D eigenvalue weighted by molar-refractivity contribution is 6.31. The molecule has 26 heavy (non-hydrogen) atoms. The zero-order valence-corrected chi connectivity index (χ0v) is 14.9. The topological polar surface area (TPSA) is 36.1 Å². The predicted octanol–water partition coefficient (Wildman–Crippen LogP) is 4.82. The molecule has 0 aliphatic carbocycles. The molecule has 132 valence electrons. The number of halogens is 2. The van der Waals surface area contributed by atoms with Gasteiger partial charge in [0.1, 0.15) is 5.82 Å². The van der Waals surface area contributed by atoms with Crippen molar-refractivity contribution >= 4 is 34.0 Å². The van der Waals surface area contributed by atoms with Gasteiger partial charge in [0.25, 0.3) is 0 Å². The molecule has 1 aliphatic heterocycles. The lowest BCUT2D eigenvalue weighted by molar-refractivity contribution is -0.130. The van der Waals surface area contributed by atoms with E-state index in [-0.39, 0.29) is 18.1 Å². The second-order valence-electron chi connectivity index (χ2n) is 6.52. The number of aromatic nitrogens is 1. The fourth-order valence-electron chi connectivity index (χ4n) is 3.44. The van der Waals surface area contributed by atoms with Crippen LogP contribution in [0.3, 0.4) is 0 Å². The molecule has 0 saturated carbocycles. The molecule has 1 N–H and O–H groups in total. The number of benzene rings is 2. The van der Waals surface area contributed by atoms with Crippen molar-refractivity contribution in [3.63, 3.8) is 0 Å². The van der Waals surface area contributed by atoms with E-state index in [0.717, 1.165) is 22.9 Å². The number of amides is 1. The maximum absolute atomic E-state index is 13.3. The van der Waals surface area contributed by atoms with E-state index >= 15 is 0 Å². The maximum Gasteiger partial charge on any atom is 0.227 e. The van der Waals surface area contributed by atoms with Crippen LogP contribution < -0.4 is 0 Å². The Bertz CT molecular complexity index is 1010. The summed E-state index contributed by atoms with van der Waals surface area (Å²) in [5.74, 6) is -0.285. The lowest BCUT2D eigenvalue weighted by Gasteiger charge is -2.26. The van der Waals surface area contributed by atoms with E-state index in [4.69, 9.17) is 11.6 Å². The smallest absolute Gasteiger partial charge is 0.227 e. The summed E-state index contributed by atoms with van der Waals surface area (Å²) in [4.78, 5) is 17.6. The van der Waals surface area contributed by atoms with Crippen LogP contribution in [0.2, 0.25) is 5.02 Å². The number of H-pyrrole nitrogens is 1. The normalized spacial score (nSPS) is 14.5. The first-order chi connectivity index (χ1) is 12.6. The molecule has 1 aromatic heterocycles. The Labute approximate surface area is 156 Å². The highest BCUT2D eigenvalue weighted by Gasteiger charge is 2.19. The Morgan fingerprint density at radius 2 is 2.12 bits per heavy atom. The van der Waals surface area contributed by atoms with Crippen molar-refractivity contribution in [3.05, 3.63) is 76.7 Å². The van der Waals surface area contributed by atoms with E-state index in [1.807, 2.05) is 29.3 Å². The van der Waals surface area contributed by atoms with Crippen LogP contribution in [0.1, 0.15) is 17.5 Å². The Balaban J connectivity index is 1.48. The number of carbonyl (C=O) groups excluding carboxylic acids is 1. The van der Waals surface area contributed by atoms with E-state index in [2.05, 4.69) is 11.1 Å². The Morgan fingerprint density at radius 1 is 1.23 bits per heavy atom. The third-order valence-corrected chi connectivity index (χ3v) is 5.03. The standard InChI is InChI=1S/C21H18ClFN2O/c22-16-4-5-18-19(13-24-20(18)12-16)15-6-8-25(9-7-15)21(26)11-14-2-1-3-17(23)10-14/h1-6,10,12-13,24H,7-9,11H2. The third-order valence-electron chi connectivity index (χ3n) is 4.80. The summed E-state index contributed by atoms with van der Waals surface area (Å²) in [5, 5.41) is 1.85. The molecule has 0 atom stereocenters. The van der Waals surface area contributed by atoms with Crippen molar-refractivity contribution < 1.29 is 9.18 Å². The summed E-state index contributed by atoms with van der Waals surface area (Å²) in [6, 6.07) is 12.0. The first-order valence-electron chi connectivity index (χ1n) is 8.58. The molecule has 1 amide bonds. The van der Waals surface area contributed by atoms with Crippen LogP contribution in [0.5, 0.6) is 0 Å². The molecule has 3 aromatic rings. The van der Waals surface area contributed by atoms with Crippen molar-refractivity contribution in [3.8, 4) is 0 Å². The van der Waals surface area contributed by atoms with Gasteiger partial charge in [-0.15, -0.1) is 0 Å². The minimum Gasteiger partial charge on any atom is -0.361 e. The summed E-state index contributed by atoms with van der Waals surface area (Å²) < 4.78 is 13.3. The zero-order valence-electron chi connectivity index (χ0n) is 14.1. The molecular formula is C21H18ClFN2O. The number of hydrogen-bond acceptors (Lipinski definition) is 1. The second-order valence-corrected chi connectivity index (χ2v) is 6.95. The van der Waals surface area contributed by atoms with Crippen LogP contribution in [0.4, 0.5) is 4.39 Å². The summed E-state index contributed by atoms with van der Waals surface area (Å²) in [7, 11) is 0. The number of fused-ring (bicyclic) bond motifs is 1. The first kappa shape index (κ1) is 16.9. The average Bonchev–Trinajstić information content (AvgIpc) is 3.05. The predicted molar refractivity (Wildman–Crippen MR) is 103 cm³/mol. The van der Waals surface area contributed by atoms with Gasteiger partial charge in [-0.2, -0.15) is 0 Å². The van der Waals surface area contributed by atoms with Crippen molar-refractivity contribution in [2.75, 3.05) is 13.1 Å². The zero-order chi connectivity index (χ0) is 18.1. The SMILES string of the molecule is O=C(Cc1cccc(F)c1)N1CC=C(c2c[nH]c3cc(Cl)ccc23)CC1. The maximum atomic E-state index is 13.3.